The molecule has 0 bridgehead atoms. The fraction of sp³-hybridized carbons (Fsp3) is 0.0455. The van der Waals surface area contributed by atoms with Gasteiger partial charge in [-0.25, -0.2) is 18.6 Å². The highest BCUT2D eigenvalue weighted by atomic mass is 32.2. The van der Waals surface area contributed by atoms with Crippen molar-refractivity contribution in [3.63, 3.8) is 0 Å². The summed E-state index contributed by atoms with van der Waals surface area (Å²) in [7, 11) is -2.46. The van der Waals surface area contributed by atoms with Crippen LogP contribution in [-0.2, 0) is 14.8 Å². The standard InChI is InChI=1S/C22H19N3O5S/c1-30-22(27)17-12-10-16(11-13-17)15-23-24-21(26)18-6-5-7-19(14-18)25-31(28,29)20-8-3-2-4-9-20/h2-15,25H,1H3,(H,24,26). The van der Waals surface area contributed by atoms with E-state index in [2.05, 4.69) is 20.0 Å². The number of nitrogens with zero attached hydrogens (tertiary/aromatic N) is 1. The van der Waals surface area contributed by atoms with E-state index in [4.69, 9.17) is 0 Å². The number of hydrazone groups is 1. The van der Waals surface area contributed by atoms with Gasteiger partial charge in [0.1, 0.15) is 0 Å². The van der Waals surface area contributed by atoms with E-state index in [1.54, 1.807) is 54.6 Å². The maximum Gasteiger partial charge on any atom is 0.337 e. The molecule has 0 fully saturated rings. The van der Waals surface area contributed by atoms with Crippen molar-refractivity contribution < 1.29 is 22.7 Å². The van der Waals surface area contributed by atoms with E-state index in [9.17, 15) is 18.0 Å². The summed E-state index contributed by atoms with van der Waals surface area (Å²) in [5.74, 6) is -0.956. The number of hydrogen-bond donors (Lipinski definition) is 2. The number of ether oxygens (including phenoxy) is 1. The summed E-state index contributed by atoms with van der Waals surface area (Å²) in [4.78, 5) is 23.9. The SMILES string of the molecule is COC(=O)c1ccc(C=NNC(=O)c2cccc(NS(=O)(=O)c3ccccc3)c2)cc1. The Morgan fingerprint density at radius 2 is 1.61 bits per heavy atom. The van der Waals surface area contributed by atoms with Gasteiger partial charge in [0.15, 0.2) is 0 Å². The van der Waals surface area contributed by atoms with Crippen LogP contribution >= 0.6 is 0 Å². The molecule has 158 valence electrons. The third-order valence-corrected chi connectivity index (χ3v) is 5.54. The van der Waals surface area contributed by atoms with Crippen molar-refractivity contribution in [2.75, 3.05) is 11.8 Å². The van der Waals surface area contributed by atoms with Gasteiger partial charge in [-0.05, 0) is 48.0 Å². The van der Waals surface area contributed by atoms with Crippen LogP contribution < -0.4 is 10.1 Å². The lowest BCUT2D eigenvalue weighted by atomic mass is 10.1. The Morgan fingerprint density at radius 3 is 2.29 bits per heavy atom. The topological polar surface area (TPSA) is 114 Å². The molecule has 8 nitrogen and oxygen atoms in total. The van der Waals surface area contributed by atoms with Crippen molar-refractivity contribution in [3.05, 3.63) is 95.6 Å². The number of carbonyl (C=O) groups excluding carboxylic acids is 2. The largest absolute Gasteiger partial charge is 0.465 e. The minimum atomic E-state index is -3.76. The van der Waals surface area contributed by atoms with Gasteiger partial charge >= 0.3 is 5.97 Å². The van der Waals surface area contributed by atoms with E-state index >= 15 is 0 Å². The summed E-state index contributed by atoms with van der Waals surface area (Å²) in [5, 5.41) is 3.89. The molecule has 3 rings (SSSR count). The summed E-state index contributed by atoms with van der Waals surface area (Å²) in [6, 6.07) is 20.5. The van der Waals surface area contributed by atoms with Gasteiger partial charge in [-0.3, -0.25) is 9.52 Å². The number of carbonyl (C=O) groups is 2. The summed E-state index contributed by atoms with van der Waals surface area (Å²) < 4.78 is 31.9. The van der Waals surface area contributed by atoms with Crippen molar-refractivity contribution in [3.8, 4) is 0 Å². The molecule has 0 radical (unpaired) electrons. The normalized spacial score (nSPS) is 11.1. The lowest BCUT2D eigenvalue weighted by Crippen LogP contribution is -2.18. The third kappa shape index (κ3) is 5.77. The monoisotopic (exact) mass is 437 g/mol. The second-order valence-electron chi connectivity index (χ2n) is 6.31. The minimum Gasteiger partial charge on any atom is -0.465 e. The van der Waals surface area contributed by atoms with Gasteiger partial charge in [-0.15, -0.1) is 0 Å². The maximum absolute atomic E-state index is 12.4. The summed E-state index contributed by atoms with van der Waals surface area (Å²) in [5.41, 5.74) is 3.92. The van der Waals surface area contributed by atoms with E-state index in [0.717, 1.165) is 0 Å². The molecule has 0 heterocycles. The van der Waals surface area contributed by atoms with Gasteiger partial charge in [-0.2, -0.15) is 5.10 Å². The van der Waals surface area contributed by atoms with Crippen molar-refractivity contribution in [2.45, 2.75) is 4.90 Å². The zero-order valence-corrected chi connectivity index (χ0v) is 17.3. The quantitative estimate of drug-likeness (QED) is 0.335. The van der Waals surface area contributed by atoms with Gasteiger partial charge in [0, 0.05) is 11.3 Å². The first kappa shape index (κ1) is 21.7. The predicted molar refractivity (Wildman–Crippen MR) is 117 cm³/mol. The first-order chi connectivity index (χ1) is 14.9. The van der Waals surface area contributed by atoms with Gasteiger partial charge in [0.25, 0.3) is 15.9 Å². The van der Waals surface area contributed by atoms with Crippen LogP contribution in [0.4, 0.5) is 5.69 Å². The highest BCUT2D eigenvalue weighted by molar-refractivity contribution is 7.92. The lowest BCUT2D eigenvalue weighted by molar-refractivity contribution is 0.0600. The van der Waals surface area contributed by atoms with Crippen molar-refractivity contribution in [2.24, 2.45) is 5.10 Å². The number of benzene rings is 3. The second kappa shape index (κ2) is 9.68. The van der Waals surface area contributed by atoms with E-state index in [-0.39, 0.29) is 16.1 Å². The van der Waals surface area contributed by atoms with Gasteiger partial charge in [0.2, 0.25) is 0 Å². The number of esters is 1. The molecule has 31 heavy (non-hydrogen) atoms. The molecular formula is C22H19N3O5S. The number of nitrogens with one attached hydrogen (secondary N) is 2. The second-order valence-corrected chi connectivity index (χ2v) is 7.99. The third-order valence-electron chi connectivity index (χ3n) is 4.14. The molecule has 1 amide bonds. The Bertz CT molecular complexity index is 1210. The Kier molecular flexibility index (Phi) is 6.78. The molecule has 3 aromatic carbocycles. The molecule has 0 atom stereocenters. The highest BCUT2D eigenvalue weighted by Crippen LogP contribution is 2.17. The highest BCUT2D eigenvalue weighted by Gasteiger charge is 2.14. The van der Waals surface area contributed by atoms with Crippen LogP contribution in [0.3, 0.4) is 0 Å². The number of methoxy groups -OCH3 is 1. The summed E-state index contributed by atoms with van der Waals surface area (Å²) in [6.45, 7) is 0. The molecule has 0 saturated carbocycles. The zero-order chi connectivity index (χ0) is 22.3. The molecule has 0 aliphatic rings. The van der Waals surface area contributed by atoms with E-state index in [1.807, 2.05) is 0 Å². The molecule has 0 aliphatic heterocycles. The van der Waals surface area contributed by atoms with E-state index < -0.39 is 21.9 Å². The van der Waals surface area contributed by atoms with Crippen molar-refractivity contribution in [1.82, 2.24) is 5.43 Å². The van der Waals surface area contributed by atoms with Crippen molar-refractivity contribution in [1.29, 1.82) is 0 Å². The molecule has 0 spiro atoms. The Morgan fingerprint density at radius 1 is 0.903 bits per heavy atom. The molecule has 2 N–H and O–H groups in total. The summed E-state index contributed by atoms with van der Waals surface area (Å²) >= 11 is 0. The smallest absolute Gasteiger partial charge is 0.337 e. The number of rotatable bonds is 7. The van der Waals surface area contributed by atoms with Crippen LogP contribution in [0, 0.1) is 0 Å². The van der Waals surface area contributed by atoms with Crippen LogP contribution in [0.2, 0.25) is 0 Å². The van der Waals surface area contributed by atoms with Crippen LogP contribution in [-0.4, -0.2) is 33.6 Å². The molecule has 0 saturated heterocycles. The fourth-order valence-electron chi connectivity index (χ4n) is 2.59. The predicted octanol–water partition coefficient (Wildman–Crippen LogP) is 3.04. The van der Waals surface area contributed by atoms with Crippen LogP contribution in [0.15, 0.2) is 88.9 Å². The lowest BCUT2D eigenvalue weighted by Gasteiger charge is -2.09. The number of hydrogen-bond acceptors (Lipinski definition) is 6. The Hall–Kier alpha value is -3.98. The fourth-order valence-corrected chi connectivity index (χ4v) is 3.66. The summed E-state index contributed by atoms with van der Waals surface area (Å²) in [6.07, 6.45) is 1.42. The number of sulfonamides is 1. The van der Waals surface area contributed by atoms with E-state index in [1.165, 1.54) is 37.6 Å². The first-order valence-electron chi connectivity index (χ1n) is 9.09. The minimum absolute atomic E-state index is 0.118. The van der Waals surface area contributed by atoms with Crippen LogP contribution in [0.25, 0.3) is 0 Å². The zero-order valence-electron chi connectivity index (χ0n) is 16.5. The van der Waals surface area contributed by atoms with E-state index in [0.29, 0.717) is 11.1 Å². The molecule has 9 heteroatoms. The van der Waals surface area contributed by atoms with Crippen LogP contribution in [0.5, 0.6) is 0 Å². The average Bonchev–Trinajstić information content (AvgIpc) is 2.79. The van der Waals surface area contributed by atoms with Gasteiger partial charge < -0.3 is 4.74 Å². The number of anilines is 1. The van der Waals surface area contributed by atoms with Crippen molar-refractivity contribution >= 4 is 33.8 Å². The Labute approximate surface area is 179 Å². The molecule has 3 aromatic rings. The first-order valence-corrected chi connectivity index (χ1v) is 10.6. The van der Waals surface area contributed by atoms with Gasteiger partial charge in [0.05, 0.1) is 23.8 Å². The molecule has 0 aromatic heterocycles. The van der Waals surface area contributed by atoms with Crippen LogP contribution in [0.1, 0.15) is 26.3 Å². The molecular weight excluding hydrogens is 418 g/mol. The maximum atomic E-state index is 12.4. The Balaban J connectivity index is 1.65. The number of amides is 1. The molecule has 0 aliphatic carbocycles. The van der Waals surface area contributed by atoms with Gasteiger partial charge in [-0.1, -0.05) is 36.4 Å². The average molecular weight is 437 g/mol. The molecule has 0 unspecified atom stereocenters.